The molecule has 0 bridgehead atoms. The fraction of sp³-hybridized carbons (Fsp3) is 0.231. The summed E-state index contributed by atoms with van der Waals surface area (Å²) >= 11 is 1.60. The van der Waals surface area contributed by atoms with Gasteiger partial charge in [-0.15, -0.1) is 11.3 Å². The molecule has 0 radical (unpaired) electrons. The molecule has 3 N–H and O–H groups in total. The maximum atomic E-state index is 12.3. The maximum absolute atomic E-state index is 12.3. The Labute approximate surface area is 122 Å². The second-order valence-electron chi connectivity index (χ2n) is 4.38. The Bertz CT molecular complexity index is 682. The Hall–Kier alpha value is -1.57. The molecule has 0 atom stereocenters. The highest BCUT2D eigenvalue weighted by molar-refractivity contribution is 7.89. The quantitative estimate of drug-likeness (QED) is 0.652. The zero-order valence-corrected chi connectivity index (χ0v) is 12.6. The van der Waals surface area contributed by atoms with Gasteiger partial charge in [0, 0.05) is 18.5 Å². The van der Waals surface area contributed by atoms with Crippen molar-refractivity contribution in [2.45, 2.75) is 11.3 Å². The Morgan fingerprint density at radius 1 is 1.35 bits per heavy atom. The van der Waals surface area contributed by atoms with Gasteiger partial charge in [0.2, 0.25) is 10.0 Å². The van der Waals surface area contributed by atoms with Crippen molar-refractivity contribution in [3.63, 3.8) is 0 Å². The molecule has 0 fully saturated rings. The van der Waals surface area contributed by atoms with E-state index in [0.29, 0.717) is 13.0 Å². The molecule has 1 aromatic carbocycles. The minimum atomic E-state index is -3.58. The average Bonchev–Trinajstić information content (AvgIpc) is 2.92. The zero-order chi connectivity index (χ0) is 14.8. The minimum absolute atomic E-state index is 0.0535. The number of nitrogens with zero attached hydrogens (tertiary/aromatic N) is 1. The first kappa shape index (κ1) is 14.8. The molecule has 2 rings (SSSR count). The highest BCUT2D eigenvalue weighted by atomic mass is 32.2. The van der Waals surface area contributed by atoms with Crippen molar-refractivity contribution in [1.29, 1.82) is 0 Å². The normalized spacial score (nSPS) is 11.9. The van der Waals surface area contributed by atoms with Gasteiger partial charge in [-0.2, -0.15) is 0 Å². The number of rotatable bonds is 5. The Kier molecular flexibility index (Phi) is 4.32. The molecule has 108 valence electrons. The molecule has 0 spiro atoms. The molecule has 0 aliphatic rings. The third kappa shape index (κ3) is 3.12. The molecule has 0 aliphatic carbocycles. The number of likely N-dealkylation sites (N-methyl/N-ethyl adjacent to an activating group) is 1. The largest absolute Gasteiger partial charge is 0.506 e. The molecular formula is C13H16N2O3S2. The Balaban J connectivity index is 2.14. The van der Waals surface area contributed by atoms with Gasteiger partial charge in [0.25, 0.3) is 0 Å². The van der Waals surface area contributed by atoms with Gasteiger partial charge >= 0.3 is 0 Å². The van der Waals surface area contributed by atoms with Crippen molar-refractivity contribution >= 4 is 27.0 Å². The minimum Gasteiger partial charge on any atom is -0.506 e. The number of benzene rings is 1. The number of anilines is 1. The number of sulfonamides is 1. The molecule has 0 amide bonds. The summed E-state index contributed by atoms with van der Waals surface area (Å²) in [7, 11) is -2.05. The van der Waals surface area contributed by atoms with Gasteiger partial charge in [-0.25, -0.2) is 12.7 Å². The van der Waals surface area contributed by atoms with Crippen LogP contribution < -0.4 is 5.73 Å². The number of aromatic hydroxyl groups is 1. The van der Waals surface area contributed by atoms with Crippen LogP contribution in [0.25, 0.3) is 0 Å². The molecule has 0 aliphatic heterocycles. The van der Waals surface area contributed by atoms with Gasteiger partial charge < -0.3 is 10.8 Å². The lowest BCUT2D eigenvalue weighted by atomic mass is 10.3. The van der Waals surface area contributed by atoms with Crippen LogP contribution >= 0.6 is 11.3 Å². The fourth-order valence-electron chi connectivity index (χ4n) is 1.72. The van der Waals surface area contributed by atoms with Crippen LogP contribution in [0.2, 0.25) is 0 Å². The zero-order valence-electron chi connectivity index (χ0n) is 11.0. The third-order valence-corrected chi connectivity index (χ3v) is 5.75. The fourth-order valence-corrected chi connectivity index (χ4v) is 3.62. The van der Waals surface area contributed by atoms with Crippen molar-refractivity contribution in [2.75, 3.05) is 19.3 Å². The van der Waals surface area contributed by atoms with Crippen molar-refractivity contribution < 1.29 is 13.5 Å². The number of phenols is 1. The topological polar surface area (TPSA) is 83.6 Å². The molecule has 0 unspecified atom stereocenters. The summed E-state index contributed by atoms with van der Waals surface area (Å²) in [5, 5.41) is 11.3. The van der Waals surface area contributed by atoms with Crippen LogP contribution in [0.1, 0.15) is 4.88 Å². The van der Waals surface area contributed by atoms with E-state index in [-0.39, 0.29) is 16.3 Å². The number of thiophene rings is 1. The summed E-state index contributed by atoms with van der Waals surface area (Å²) in [6.07, 6.45) is 0.668. The van der Waals surface area contributed by atoms with E-state index in [1.165, 1.54) is 29.6 Å². The third-order valence-electron chi connectivity index (χ3n) is 2.96. The van der Waals surface area contributed by atoms with E-state index < -0.39 is 10.0 Å². The smallest absolute Gasteiger partial charge is 0.242 e. The standard InChI is InChI=1S/C13H16N2O3S2/c1-15(7-6-10-3-2-8-19-10)20(17,18)11-4-5-13(16)12(14)9-11/h2-5,8-9,16H,6-7,14H2,1H3. The molecular weight excluding hydrogens is 296 g/mol. The number of nitrogens with two attached hydrogens (primary N) is 1. The first-order valence-corrected chi connectivity index (χ1v) is 8.30. The Morgan fingerprint density at radius 3 is 2.70 bits per heavy atom. The highest BCUT2D eigenvalue weighted by Gasteiger charge is 2.21. The van der Waals surface area contributed by atoms with Gasteiger partial charge in [0.05, 0.1) is 10.6 Å². The number of hydrogen-bond donors (Lipinski definition) is 2. The van der Waals surface area contributed by atoms with Gasteiger partial charge in [-0.1, -0.05) is 6.07 Å². The first-order valence-electron chi connectivity index (χ1n) is 5.98. The molecule has 5 nitrogen and oxygen atoms in total. The van der Waals surface area contributed by atoms with E-state index in [1.807, 2.05) is 17.5 Å². The second-order valence-corrected chi connectivity index (χ2v) is 7.45. The monoisotopic (exact) mass is 312 g/mol. The number of nitrogen functional groups attached to an aromatic ring is 1. The van der Waals surface area contributed by atoms with E-state index in [9.17, 15) is 13.5 Å². The van der Waals surface area contributed by atoms with Gasteiger partial charge in [-0.05, 0) is 36.1 Å². The molecule has 2 aromatic rings. The van der Waals surface area contributed by atoms with Crippen molar-refractivity contribution in [3.8, 4) is 5.75 Å². The van der Waals surface area contributed by atoms with Crippen LogP contribution in [0.4, 0.5) is 5.69 Å². The van der Waals surface area contributed by atoms with Crippen LogP contribution in [-0.4, -0.2) is 31.4 Å². The lowest BCUT2D eigenvalue weighted by Gasteiger charge is -2.17. The molecule has 1 aromatic heterocycles. The SMILES string of the molecule is CN(CCc1cccs1)S(=O)(=O)c1ccc(O)c(N)c1. The van der Waals surface area contributed by atoms with Crippen molar-refractivity contribution in [2.24, 2.45) is 0 Å². The summed E-state index contributed by atoms with van der Waals surface area (Å²) in [5.74, 6) is -0.120. The predicted molar refractivity (Wildman–Crippen MR) is 80.4 cm³/mol. The van der Waals surface area contributed by atoms with Crippen LogP contribution in [0, 0.1) is 0 Å². The van der Waals surface area contributed by atoms with E-state index in [4.69, 9.17) is 5.73 Å². The van der Waals surface area contributed by atoms with Gasteiger partial charge in [0.15, 0.2) is 0 Å². The van der Waals surface area contributed by atoms with Crippen LogP contribution in [0.3, 0.4) is 0 Å². The lowest BCUT2D eigenvalue weighted by molar-refractivity contribution is 0.471. The van der Waals surface area contributed by atoms with Crippen LogP contribution in [-0.2, 0) is 16.4 Å². The molecule has 0 saturated heterocycles. The van der Waals surface area contributed by atoms with Gasteiger partial charge in [-0.3, -0.25) is 0 Å². The van der Waals surface area contributed by atoms with E-state index in [1.54, 1.807) is 11.3 Å². The summed E-state index contributed by atoms with van der Waals surface area (Å²) in [6, 6.07) is 7.82. The van der Waals surface area contributed by atoms with E-state index in [2.05, 4.69) is 0 Å². The molecule has 20 heavy (non-hydrogen) atoms. The number of phenolic OH excluding ortho intramolecular Hbond substituents is 1. The summed E-state index contributed by atoms with van der Waals surface area (Å²) in [5.41, 5.74) is 5.59. The van der Waals surface area contributed by atoms with Crippen LogP contribution in [0.15, 0.2) is 40.6 Å². The molecule has 7 heteroatoms. The van der Waals surface area contributed by atoms with Crippen LogP contribution in [0.5, 0.6) is 5.75 Å². The van der Waals surface area contributed by atoms with Crippen molar-refractivity contribution in [3.05, 3.63) is 40.6 Å². The summed E-state index contributed by atoms with van der Waals surface area (Å²) in [6.45, 7) is 0.392. The number of hydrogen-bond acceptors (Lipinski definition) is 5. The van der Waals surface area contributed by atoms with Gasteiger partial charge in [0.1, 0.15) is 5.75 Å². The highest BCUT2D eigenvalue weighted by Crippen LogP contribution is 2.25. The first-order chi connectivity index (χ1) is 9.41. The maximum Gasteiger partial charge on any atom is 0.242 e. The molecule has 0 saturated carbocycles. The summed E-state index contributed by atoms with van der Waals surface area (Å²) < 4.78 is 26.0. The summed E-state index contributed by atoms with van der Waals surface area (Å²) in [4.78, 5) is 1.22. The Morgan fingerprint density at radius 2 is 2.10 bits per heavy atom. The average molecular weight is 312 g/mol. The second kappa shape index (κ2) is 5.82. The van der Waals surface area contributed by atoms with E-state index >= 15 is 0 Å². The molecule has 1 heterocycles. The lowest BCUT2D eigenvalue weighted by Crippen LogP contribution is -2.29. The van der Waals surface area contributed by atoms with Crippen molar-refractivity contribution in [1.82, 2.24) is 4.31 Å². The van der Waals surface area contributed by atoms with E-state index in [0.717, 1.165) is 4.88 Å². The predicted octanol–water partition coefficient (Wildman–Crippen LogP) is 1.90.